The molecular formula is C15H30N2. The maximum absolute atomic E-state index is 3.79. The quantitative estimate of drug-likeness (QED) is 0.699. The number of hydrogen-bond acceptors (Lipinski definition) is 2. The summed E-state index contributed by atoms with van der Waals surface area (Å²) in [5.74, 6) is 0. The summed E-state index contributed by atoms with van der Waals surface area (Å²) < 4.78 is 0. The van der Waals surface area contributed by atoms with Gasteiger partial charge in [-0.3, -0.25) is 4.90 Å². The Hall–Kier alpha value is -0.0800. The lowest BCUT2D eigenvalue weighted by molar-refractivity contribution is 0.208. The summed E-state index contributed by atoms with van der Waals surface area (Å²) in [4.78, 5) is 2.76. The van der Waals surface area contributed by atoms with E-state index in [9.17, 15) is 0 Å². The van der Waals surface area contributed by atoms with Crippen LogP contribution in [0.5, 0.6) is 0 Å². The molecule has 2 nitrogen and oxygen atoms in total. The fourth-order valence-corrected chi connectivity index (χ4v) is 3.12. The van der Waals surface area contributed by atoms with Crippen molar-refractivity contribution in [3.05, 3.63) is 0 Å². The molecule has 0 aromatic heterocycles. The average molecular weight is 238 g/mol. The lowest BCUT2D eigenvalue weighted by Crippen LogP contribution is -2.38. The minimum Gasteiger partial charge on any atom is -0.310 e. The molecule has 2 unspecified atom stereocenters. The van der Waals surface area contributed by atoms with Crippen molar-refractivity contribution in [2.75, 3.05) is 13.1 Å². The molecule has 2 fully saturated rings. The molecule has 100 valence electrons. The van der Waals surface area contributed by atoms with E-state index in [-0.39, 0.29) is 0 Å². The monoisotopic (exact) mass is 238 g/mol. The Morgan fingerprint density at radius 2 is 1.88 bits per heavy atom. The van der Waals surface area contributed by atoms with Gasteiger partial charge in [0.2, 0.25) is 0 Å². The molecule has 1 aliphatic carbocycles. The van der Waals surface area contributed by atoms with E-state index in [1.807, 2.05) is 0 Å². The number of hydrogen-bond donors (Lipinski definition) is 1. The molecule has 0 aromatic carbocycles. The van der Waals surface area contributed by atoms with Crippen molar-refractivity contribution in [1.29, 1.82) is 0 Å². The first-order valence-corrected chi connectivity index (χ1v) is 7.83. The number of rotatable bonds is 8. The number of likely N-dealkylation sites (tertiary alicyclic amines) is 1. The SMILES string of the molecule is CCCCC(CCC)N1CCC(NC2CC2)C1. The fraction of sp³-hybridized carbons (Fsp3) is 1.00. The van der Waals surface area contributed by atoms with Gasteiger partial charge in [0.25, 0.3) is 0 Å². The van der Waals surface area contributed by atoms with Crippen LogP contribution in [0.15, 0.2) is 0 Å². The summed E-state index contributed by atoms with van der Waals surface area (Å²) >= 11 is 0. The van der Waals surface area contributed by atoms with Crippen molar-refractivity contribution in [2.45, 2.75) is 83.3 Å². The molecular weight excluding hydrogens is 208 g/mol. The van der Waals surface area contributed by atoms with E-state index in [4.69, 9.17) is 0 Å². The summed E-state index contributed by atoms with van der Waals surface area (Å²) in [6, 6.07) is 2.54. The summed E-state index contributed by atoms with van der Waals surface area (Å²) in [6.45, 7) is 7.28. The third-order valence-corrected chi connectivity index (χ3v) is 4.30. The van der Waals surface area contributed by atoms with Gasteiger partial charge < -0.3 is 5.32 Å². The van der Waals surface area contributed by atoms with E-state index in [0.717, 1.165) is 18.1 Å². The zero-order chi connectivity index (χ0) is 12.1. The minimum atomic E-state index is 0.795. The van der Waals surface area contributed by atoms with Crippen LogP contribution in [0.3, 0.4) is 0 Å². The van der Waals surface area contributed by atoms with Crippen LogP contribution in [0.4, 0.5) is 0 Å². The highest BCUT2D eigenvalue weighted by Gasteiger charge is 2.31. The minimum absolute atomic E-state index is 0.795. The van der Waals surface area contributed by atoms with E-state index in [1.54, 1.807) is 0 Å². The maximum atomic E-state index is 3.79. The highest BCUT2D eigenvalue weighted by Crippen LogP contribution is 2.24. The largest absolute Gasteiger partial charge is 0.310 e. The van der Waals surface area contributed by atoms with Crippen molar-refractivity contribution in [3.63, 3.8) is 0 Å². The van der Waals surface area contributed by atoms with Gasteiger partial charge >= 0.3 is 0 Å². The second-order valence-electron chi connectivity index (χ2n) is 6.01. The van der Waals surface area contributed by atoms with E-state index in [0.29, 0.717) is 0 Å². The molecule has 1 heterocycles. The molecule has 1 saturated carbocycles. The fourth-order valence-electron chi connectivity index (χ4n) is 3.12. The highest BCUT2D eigenvalue weighted by atomic mass is 15.2. The topological polar surface area (TPSA) is 15.3 Å². The molecule has 0 bridgehead atoms. The molecule has 1 saturated heterocycles. The summed E-state index contributed by atoms with van der Waals surface area (Å²) in [7, 11) is 0. The zero-order valence-corrected chi connectivity index (χ0v) is 11.8. The van der Waals surface area contributed by atoms with Gasteiger partial charge in [-0.2, -0.15) is 0 Å². The number of unbranched alkanes of at least 4 members (excludes halogenated alkanes) is 1. The van der Waals surface area contributed by atoms with Crippen LogP contribution < -0.4 is 5.32 Å². The van der Waals surface area contributed by atoms with E-state index >= 15 is 0 Å². The van der Waals surface area contributed by atoms with Crippen LogP contribution in [0.25, 0.3) is 0 Å². The van der Waals surface area contributed by atoms with Crippen molar-refractivity contribution in [1.82, 2.24) is 10.2 Å². The van der Waals surface area contributed by atoms with Crippen LogP contribution >= 0.6 is 0 Å². The van der Waals surface area contributed by atoms with E-state index < -0.39 is 0 Å². The Kier molecular flexibility index (Phi) is 5.30. The van der Waals surface area contributed by atoms with Gasteiger partial charge in [-0.1, -0.05) is 33.1 Å². The zero-order valence-electron chi connectivity index (χ0n) is 11.8. The number of nitrogens with one attached hydrogen (secondary N) is 1. The van der Waals surface area contributed by atoms with Crippen LogP contribution in [0, 0.1) is 0 Å². The van der Waals surface area contributed by atoms with Crippen LogP contribution in [-0.4, -0.2) is 36.1 Å². The first-order chi connectivity index (χ1) is 8.33. The summed E-state index contributed by atoms with van der Waals surface area (Å²) in [5, 5.41) is 3.79. The Morgan fingerprint density at radius 1 is 1.06 bits per heavy atom. The van der Waals surface area contributed by atoms with Crippen molar-refractivity contribution < 1.29 is 0 Å². The molecule has 2 rings (SSSR count). The standard InChI is InChI=1S/C15H30N2/c1-3-5-7-15(6-4-2)17-11-10-14(12-17)16-13-8-9-13/h13-16H,3-12H2,1-2H3. The lowest BCUT2D eigenvalue weighted by atomic mass is 10.0. The summed E-state index contributed by atoms with van der Waals surface area (Å²) in [6.07, 6.45) is 11.1. The van der Waals surface area contributed by atoms with Gasteiger partial charge in [0.1, 0.15) is 0 Å². The van der Waals surface area contributed by atoms with Crippen molar-refractivity contribution >= 4 is 0 Å². The lowest BCUT2D eigenvalue weighted by Gasteiger charge is -2.27. The van der Waals surface area contributed by atoms with E-state index in [2.05, 4.69) is 24.1 Å². The Balaban J connectivity index is 1.73. The first kappa shape index (κ1) is 13.4. The van der Waals surface area contributed by atoms with Gasteiger partial charge in [0, 0.05) is 31.2 Å². The van der Waals surface area contributed by atoms with Gasteiger partial charge in [0.15, 0.2) is 0 Å². The van der Waals surface area contributed by atoms with Gasteiger partial charge in [-0.25, -0.2) is 0 Å². The maximum Gasteiger partial charge on any atom is 0.0209 e. The van der Waals surface area contributed by atoms with Crippen LogP contribution in [0.1, 0.15) is 65.2 Å². The molecule has 2 atom stereocenters. The highest BCUT2D eigenvalue weighted by molar-refractivity contribution is 4.91. The normalized spacial score (nSPS) is 27.5. The van der Waals surface area contributed by atoms with Gasteiger partial charge in [0.05, 0.1) is 0 Å². The molecule has 17 heavy (non-hydrogen) atoms. The summed E-state index contributed by atoms with van der Waals surface area (Å²) in [5.41, 5.74) is 0. The van der Waals surface area contributed by atoms with Gasteiger partial charge in [-0.05, 0) is 32.1 Å². The first-order valence-electron chi connectivity index (χ1n) is 7.83. The van der Waals surface area contributed by atoms with Crippen molar-refractivity contribution in [3.8, 4) is 0 Å². The third-order valence-electron chi connectivity index (χ3n) is 4.30. The van der Waals surface area contributed by atoms with Crippen LogP contribution in [-0.2, 0) is 0 Å². The molecule has 1 aliphatic heterocycles. The van der Waals surface area contributed by atoms with Crippen LogP contribution in [0.2, 0.25) is 0 Å². The number of nitrogens with zero attached hydrogens (tertiary/aromatic N) is 1. The molecule has 0 aromatic rings. The van der Waals surface area contributed by atoms with Gasteiger partial charge in [-0.15, -0.1) is 0 Å². The Bertz CT molecular complexity index is 213. The predicted molar refractivity (Wildman–Crippen MR) is 74.4 cm³/mol. The van der Waals surface area contributed by atoms with E-state index in [1.165, 1.54) is 64.5 Å². The third kappa shape index (κ3) is 4.26. The molecule has 1 N–H and O–H groups in total. The smallest absolute Gasteiger partial charge is 0.0209 e. The molecule has 2 heteroatoms. The molecule has 0 spiro atoms. The van der Waals surface area contributed by atoms with Crippen molar-refractivity contribution in [2.24, 2.45) is 0 Å². The predicted octanol–water partition coefficient (Wildman–Crippen LogP) is 3.17. The molecule has 2 aliphatic rings. The second kappa shape index (κ2) is 6.75. The molecule has 0 radical (unpaired) electrons. The molecule has 0 amide bonds. The Labute approximate surface area is 107 Å². The Morgan fingerprint density at radius 3 is 2.53 bits per heavy atom. The average Bonchev–Trinajstić information content (AvgIpc) is 3.01. The second-order valence-corrected chi connectivity index (χ2v) is 6.01.